The molecule has 1 aliphatic carbocycles. The summed E-state index contributed by atoms with van der Waals surface area (Å²) in [5, 5.41) is 11.7. The van der Waals surface area contributed by atoms with Crippen molar-refractivity contribution >= 4 is 16.9 Å². The zero-order valence-electron chi connectivity index (χ0n) is 16.2. The lowest BCUT2D eigenvalue weighted by atomic mass is 9.71. The summed E-state index contributed by atoms with van der Waals surface area (Å²) in [5.41, 5.74) is 5.22. The van der Waals surface area contributed by atoms with E-state index >= 15 is 0 Å². The van der Waals surface area contributed by atoms with Crippen molar-refractivity contribution in [2.45, 2.75) is 59.3 Å². The summed E-state index contributed by atoms with van der Waals surface area (Å²) in [7, 11) is 0. The molecule has 2 heterocycles. The van der Waals surface area contributed by atoms with Crippen LogP contribution in [-0.2, 0) is 12.8 Å². The standard InChI is InChI=1S/C21H31N3O2/c1-21(2,3)15-7-8-16-14(11-15)12-17-18(23-16)13-19(24-17)20(26)22-9-5-4-6-10-25/h12-13,15,24-25H,4-11H2,1-3H3,(H,22,26). The zero-order valence-corrected chi connectivity index (χ0v) is 16.2. The van der Waals surface area contributed by atoms with Crippen LogP contribution in [-0.4, -0.2) is 34.1 Å². The topological polar surface area (TPSA) is 78.0 Å². The van der Waals surface area contributed by atoms with Crippen molar-refractivity contribution in [3.63, 3.8) is 0 Å². The number of fused-ring (bicyclic) bond motifs is 2. The van der Waals surface area contributed by atoms with Gasteiger partial charge in [-0.25, -0.2) is 0 Å². The Kier molecular flexibility index (Phi) is 5.66. The molecule has 3 N–H and O–H groups in total. The molecule has 5 heteroatoms. The molecule has 2 aromatic rings. The number of carbonyl (C=O) groups is 1. The fourth-order valence-corrected chi connectivity index (χ4v) is 3.78. The number of aromatic amines is 1. The number of nitrogens with zero attached hydrogens (tertiary/aromatic N) is 1. The summed E-state index contributed by atoms with van der Waals surface area (Å²) in [4.78, 5) is 20.4. The Balaban J connectivity index is 1.71. The lowest BCUT2D eigenvalue weighted by Gasteiger charge is -2.34. The van der Waals surface area contributed by atoms with Gasteiger partial charge in [0.1, 0.15) is 5.69 Å². The minimum Gasteiger partial charge on any atom is -0.396 e. The van der Waals surface area contributed by atoms with Crippen LogP contribution in [0.25, 0.3) is 11.0 Å². The van der Waals surface area contributed by atoms with Crippen molar-refractivity contribution in [2.24, 2.45) is 11.3 Å². The highest BCUT2D eigenvalue weighted by Crippen LogP contribution is 2.37. The summed E-state index contributed by atoms with van der Waals surface area (Å²) in [6.07, 6.45) is 5.85. The number of nitrogens with one attached hydrogen (secondary N) is 2. The molecule has 0 fully saturated rings. The molecule has 0 aliphatic heterocycles. The van der Waals surface area contributed by atoms with Crippen molar-refractivity contribution in [3.8, 4) is 0 Å². The number of aryl methyl sites for hydroxylation is 1. The first kappa shape index (κ1) is 18.9. The summed E-state index contributed by atoms with van der Waals surface area (Å²) < 4.78 is 0. The molecule has 1 atom stereocenters. The van der Waals surface area contributed by atoms with Crippen molar-refractivity contribution in [1.82, 2.24) is 15.3 Å². The summed E-state index contributed by atoms with van der Waals surface area (Å²) >= 11 is 0. The largest absolute Gasteiger partial charge is 0.396 e. The second-order valence-electron chi connectivity index (χ2n) is 8.56. The van der Waals surface area contributed by atoms with Crippen LogP contribution >= 0.6 is 0 Å². The van der Waals surface area contributed by atoms with Crippen molar-refractivity contribution in [2.75, 3.05) is 13.2 Å². The van der Waals surface area contributed by atoms with Gasteiger partial charge in [-0.05, 0) is 67.6 Å². The van der Waals surface area contributed by atoms with Gasteiger partial charge in [0.15, 0.2) is 0 Å². The molecule has 3 rings (SSSR count). The Morgan fingerprint density at radius 1 is 1.31 bits per heavy atom. The fourth-order valence-electron chi connectivity index (χ4n) is 3.78. The Hall–Kier alpha value is -1.88. The molecule has 0 saturated heterocycles. The molecule has 1 unspecified atom stereocenters. The van der Waals surface area contributed by atoms with Gasteiger partial charge in [-0.3, -0.25) is 9.78 Å². The van der Waals surface area contributed by atoms with Crippen LogP contribution in [0.4, 0.5) is 0 Å². The number of aliphatic hydroxyl groups is 1. The quantitative estimate of drug-likeness (QED) is 0.691. The second kappa shape index (κ2) is 7.78. The van der Waals surface area contributed by atoms with Gasteiger partial charge in [0, 0.05) is 18.8 Å². The fraction of sp³-hybridized carbons (Fsp3) is 0.619. The van der Waals surface area contributed by atoms with E-state index in [9.17, 15) is 4.79 Å². The number of rotatable bonds is 6. The zero-order chi connectivity index (χ0) is 18.7. The molecule has 0 radical (unpaired) electrons. The number of aliphatic hydroxyl groups excluding tert-OH is 1. The Bertz CT molecular complexity index is 773. The molecule has 0 aromatic carbocycles. The normalized spacial score (nSPS) is 17.3. The Morgan fingerprint density at radius 2 is 2.12 bits per heavy atom. The smallest absolute Gasteiger partial charge is 0.267 e. The number of carbonyl (C=O) groups excluding carboxylic acids is 1. The lowest BCUT2D eigenvalue weighted by molar-refractivity contribution is 0.0948. The van der Waals surface area contributed by atoms with Crippen LogP contribution in [0.2, 0.25) is 0 Å². The van der Waals surface area contributed by atoms with Crippen molar-refractivity contribution < 1.29 is 9.90 Å². The van der Waals surface area contributed by atoms with Gasteiger partial charge in [0.05, 0.1) is 11.0 Å². The average molecular weight is 357 g/mol. The first-order chi connectivity index (χ1) is 12.4. The predicted octanol–water partition coefficient (Wildman–Crippen LogP) is 3.61. The molecular formula is C21H31N3O2. The van der Waals surface area contributed by atoms with Crippen molar-refractivity contribution in [1.29, 1.82) is 0 Å². The SMILES string of the molecule is CC(C)(C)C1CCc2nc3cc(C(=O)NCCCCCO)[nH]c3cc2C1. The third-order valence-electron chi connectivity index (χ3n) is 5.56. The van der Waals surface area contributed by atoms with Crippen LogP contribution in [0.5, 0.6) is 0 Å². The van der Waals surface area contributed by atoms with Gasteiger partial charge >= 0.3 is 0 Å². The van der Waals surface area contributed by atoms with Gasteiger partial charge in [-0.2, -0.15) is 0 Å². The van der Waals surface area contributed by atoms with Gasteiger partial charge in [0.25, 0.3) is 5.91 Å². The van der Waals surface area contributed by atoms with E-state index in [1.54, 1.807) is 0 Å². The van der Waals surface area contributed by atoms with Gasteiger partial charge < -0.3 is 15.4 Å². The highest BCUT2D eigenvalue weighted by molar-refractivity contribution is 5.97. The molecular weight excluding hydrogens is 326 g/mol. The number of aromatic nitrogens is 2. The highest BCUT2D eigenvalue weighted by atomic mass is 16.2. The number of amides is 1. The number of H-pyrrole nitrogens is 1. The number of hydrogen-bond donors (Lipinski definition) is 3. The maximum atomic E-state index is 12.3. The third kappa shape index (κ3) is 4.26. The minimum absolute atomic E-state index is 0.0856. The van der Waals surface area contributed by atoms with E-state index in [-0.39, 0.29) is 12.5 Å². The molecule has 142 valence electrons. The van der Waals surface area contributed by atoms with E-state index in [2.05, 4.69) is 37.1 Å². The number of unbranched alkanes of at least 4 members (excludes halogenated alkanes) is 2. The Morgan fingerprint density at radius 3 is 2.85 bits per heavy atom. The first-order valence-corrected chi connectivity index (χ1v) is 9.79. The minimum atomic E-state index is -0.0856. The molecule has 26 heavy (non-hydrogen) atoms. The summed E-state index contributed by atoms with van der Waals surface area (Å²) in [6, 6.07) is 4.04. The number of pyridine rings is 1. The van der Waals surface area contributed by atoms with E-state index < -0.39 is 0 Å². The summed E-state index contributed by atoms with van der Waals surface area (Å²) in [6.45, 7) is 7.78. The molecule has 0 saturated carbocycles. The van der Waals surface area contributed by atoms with E-state index in [0.717, 1.165) is 43.1 Å². The third-order valence-corrected chi connectivity index (χ3v) is 5.56. The first-order valence-electron chi connectivity index (χ1n) is 9.79. The van der Waals surface area contributed by atoms with Crippen LogP contribution in [0.15, 0.2) is 12.1 Å². The van der Waals surface area contributed by atoms with Gasteiger partial charge in [-0.1, -0.05) is 20.8 Å². The summed E-state index contributed by atoms with van der Waals surface area (Å²) in [5.74, 6) is 0.587. The van der Waals surface area contributed by atoms with E-state index in [4.69, 9.17) is 10.1 Å². The van der Waals surface area contributed by atoms with E-state index in [1.165, 1.54) is 17.7 Å². The molecule has 2 aromatic heterocycles. The van der Waals surface area contributed by atoms with Crippen LogP contribution in [0.1, 0.15) is 68.2 Å². The Labute approximate surface area is 155 Å². The predicted molar refractivity (Wildman–Crippen MR) is 104 cm³/mol. The van der Waals surface area contributed by atoms with E-state index in [0.29, 0.717) is 23.6 Å². The van der Waals surface area contributed by atoms with Crippen LogP contribution in [0.3, 0.4) is 0 Å². The lowest BCUT2D eigenvalue weighted by Crippen LogP contribution is -2.27. The average Bonchev–Trinajstić information content (AvgIpc) is 3.01. The van der Waals surface area contributed by atoms with Gasteiger partial charge in [-0.15, -0.1) is 0 Å². The molecule has 5 nitrogen and oxygen atoms in total. The molecule has 0 bridgehead atoms. The van der Waals surface area contributed by atoms with Crippen molar-refractivity contribution in [3.05, 3.63) is 29.1 Å². The number of hydrogen-bond acceptors (Lipinski definition) is 3. The second-order valence-corrected chi connectivity index (χ2v) is 8.56. The van der Waals surface area contributed by atoms with Crippen LogP contribution in [0, 0.1) is 11.3 Å². The monoisotopic (exact) mass is 357 g/mol. The maximum absolute atomic E-state index is 12.3. The molecule has 1 aliphatic rings. The molecule has 0 spiro atoms. The van der Waals surface area contributed by atoms with Crippen LogP contribution < -0.4 is 5.32 Å². The molecule has 1 amide bonds. The maximum Gasteiger partial charge on any atom is 0.267 e. The van der Waals surface area contributed by atoms with Gasteiger partial charge in [0.2, 0.25) is 0 Å². The van der Waals surface area contributed by atoms with E-state index in [1.807, 2.05) is 6.07 Å². The highest BCUT2D eigenvalue weighted by Gasteiger charge is 2.29.